The molecule has 0 aliphatic carbocycles. The fourth-order valence-electron chi connectivity index (χ4n) is 4.11. The second kappa shape index (κ2) is 9.41. The molecule has 2 aromatic carbocycles. The van der Waals surface area contributed by atoms with Gasteiger partial charge in [0.05, 0.1) is 12.2 Å². The molecule has 4 rings (SSSR count). The molecule has 0 saturated carbocycles. The molecule has 158 valence electrons. The summed E-state index contributed by atoms with van der Waals surface area (Å²) in [4.78, 5) is 27.1. The molecule has 0 amide bonds. The van der Waals surface area contributed by atoms with Gasteiger partial charge in [-0.15, -0.1) is 0 Å². The summed E-state index contributed by atoms with van der Waals surface area (Å²) in [6.07, 6.45) is 1.71. The first-order valence-corrected chi connectivity index (χ1v) is 10.5. The lowest BCUT2D eigenvalue weighted by Crippen LogP contribution is -2.45. The molecular formula is C24H27NO5. The topological polar surface area (TPSA) is 76.1 Å². The quantitative estimate of drug-likeness (QED) is 0.709. The molecule has 2 heterocycles. The summed E-state index contributed by atoms with van der Waals surface area (Å²) >= 11 is 0. The number of fused-ring (bicyclic) bond motifs is 1. The third-order valence-electron chi connectivity index (χ3n) is 5.83. The highest BCUT2D eigenvalue weighted by Crippen LogP contribution is 2.36. The Morgan fingerprint density at radius 2 is 1.83 bits per heavy atom. The zero-order chi connectivity index (χ0) is 20.9. The minimum Gasteiger partial charge on any atom is -0.479 e. The van der Waals surface area contributed by atoms with Gasteiger partial charge in [-0.25, -0.2) is 0 Å². The van der Waals surface area contributed by atoms with Crippen LogP contribution in [0.15, 0.2) is 48.5 Å². The highest BCUT2D eigenvalue weighted by atomic mass is 16.5. The van der Waals surface area contributed by atoms with E-state index in [1.807, 2.05) is 24.3 Å². The first kappa shape index (κ1) is 20.6. The normalized spacial score (nSPS) is 19.1. The standard InChI is InChI=1S/C24H27NO5/c26-16-22(28)19-6-7-20-23(13-19)30-24(21(27)12-17-8-10-29-11-9-17)15-25(20)14-18-4-2-1-3-5-18/h1-7,13,17,24,26H,8-12,14-16H2. The lowest BCUT2D eigenvalue weighted by molar-refractivity contribution is -0.127. The summed E-state index contributed by atoms with van der Waals surface area (Å²) in [7, 11) is 0. The molecule has 6 nitrogen and oxygen atoms in total. The van der Waals surface area contributed by atoms with E-state index in [0.29, 0.717) is 50.0 Å². The number of ketones is 2. The van der Waals surface area contributed by atoms with Gasteiger partial charge in [-0.1, -0.05) is 30.3 Å². The minimum atomic E-state index is -0.580. The maximum atomic E-state index is 13.0. The van der Waals surface area contributed by atoms with E-state index in [1.165, 1.54) is 0 Å². The van der Waals surface area contributed by atoms with Crippen LogP contribution >= 0.6 is 0 Å². The van der Waals surface area contributed by atoms with Crippen molar-refractivity contribution >= 4 is 17.3 Å². The molecule has 1 saturated heterocycles. The van der Waals surface area contributed by atoms with Gasteiger partial charge < -0.3 is 19.5 Å². The Bertz CT molecular complexity index is 892. The summed E-state index contributed by atoms with van der Waals surface area (Å²) < 4.78 is 11.5. The fraction of sp³-hybridized carbons (Fsp3) is 0.417. The molecular weight excluding hydrogens is 382 g/mol. The second-order valence-electron chi connectivity index (χ2n) is 7.96. The SMILES string of the molecule is O=C(CO)c1ccc2c(c1)OC(C(=O)CC1CCOCC1)CN2Cc1ccccc1. The highest BCUT2D eigenvalue weighted by molar-refractivity contribution is 5.98. The zero-order valence-corrected chi connectivity index (χ0v) is 17.0. The number of aliphatic hydroxyl groups is 1. The number of anilines is 1. The van der Waals surface area contributed by atoms with E-state index in [9.17, 15) is 14.7 Å². The van der Waals surface area contributed by atoms with Crippen LogP contribution in [0.1, 0.15) is 35.2 Å². The van der Waals surface area contributed by atoms with Gasteiger partial charge in [0.1, 0.15) is 12.4 Å². The van der Waals surface area contributed by atoms with Gasteiger partial charge in [0.2, 0.25) is 0 Å². The van der Waals surface area contributed by atoms with Crippen molar-refractivity contribution < 1.29 is 24.2 Å². The smallest absolute Gasteiger partial charge is 0.188 e. The minimum absolute atomic E-state index is 0.0875. The van der Waals surface area contributed by atoms with Crippen LogP contribution in [0.3, 0.4) is 0 Å². The number of nitrogens with zero attached hydrogens (tertiary/aromatic N) is 1. The molecule has 1 fully saturated rings. The summed E-state index contributed by atoms with van der Waals surface area (Å²) in [5.41, 5.74) is 2.37. The Hall–Kier alpha value is -2.70. The van der Waals surface area contributed by atoms with E-state index in [0.717, 1.165) is 24.1 Å². The van der Waals surface area contributed by atoms with Crippen molar-refractivity contribution in [1.82, 2.24) is 0 Å². The summed E-state index contributed by atoms with van der Waals surface area (Å²) in [5, 5.41) is 9.20. The van der Waals surface area contributed by atoms with E-state index < -0.39 is 12.7 Å². The molecule has 0 bridgehead atoms. The molecule has 2 aliphatic heterocycles. The molecule has 30 heavy (non-hydrogen) atoms. The van der Waals surface area contributed by atoms with Crippen molar-refractivity contribution in [2.75, 3.05) is 31.3 Å². The molecule has 1 N–H and O–H groups in total. The Kier molecular flexibility index (Phi) is 6.45. The monoisotopic (exact) mass is 409 g/mol. The van der Waals surface area contributed by atoms with Crippen molar-refractivity contribution in [3.63, 3.8) is 0 Å². The number of ether oxygens (including phenoxy) is 2. The predicted octanol–water partition coefficient (Wildman–Crippen LogP) is 3.02. The van der Waals surface area contributed by atoms with E-state index >= 15 is 0 Å². The second-order valence-corrected chi connectivity index (χ2v) is 7.96. The van der Waals surface area contributed by atoms with Crippen LogP contribution < -0.4 is 9.64 Å². The van der Waals surface area contributed by atoms with Gasteiger partial charge in [-0.2, -0.15) is 0 Å². The van der Waals surface area contributed by atoms with Gasteiger partial charge in [0.15, 0.2) is 17.7 Å². The third kappa shape index (κ3) is 4.71. The van der Waals surface area contributed by atoms with E-state index in [2.05, 4.69) is 17.0 Å². The zero-order valence-electron chi connectivity index (χ0n) is 17.0. The summed E-state index contributed by atoms with van der Waals surface area (Å²) in [6.45, 7) is 1.97. The molecule has 0 spiro atoms. The molecule has 1 atom stereocenters. The van der Waals surface area contributed by atoms with Crippen molar-refractivity contribution in [3.8, 4) is 5.75 Å². The molecule has 0 aromatic heterocycles. The van der Waals surface area contributed by atoms with Gasteiger partial charge >= 0.3 is 0 Å². The molecule has 1 unspecified atom stereocenters. The molecule has 6 heteroatoms. The fourth-order valence-corrected chi connectivity index (χ4v) is 4.11. The Balaban J connectivity index is 1.58. The Morgan fingerprint density at radius 1 is 1.07 bits per heavy atom. The van der Waals surface area contributed by atoms with Crippen LogP contribution in [0.25, 0.3) is 0 Å². The number of carbonyl (C=O) groups is 2. The summed E-state index contributed by atoms with van der Waals surface area (Å²) in [6, 6.07) is 15.2. The van der Waals surface area contributed by atoms with Gasteiger partial charge in [0, 0.05) is 31.7 Å². The number of rotatable bonds is 7. The molecule has 2 aliphatic rings. The van der Waals surface area contributed by atoms with Gasteiger partial charge in [-0.3, -0.25) is 9.59 Å². The number of benzene rings is 2. The largest absolute Gasteiger partial charge is 0.479 e. The van der Waals surface area contributed by atoms with Crippen molar-refractivity contribution in [3.05, 3.63) is 59.7 Å². The van der Waals surface area contributed by atoms with E-state index in [-0.39, 0.29) is 11.6 Å². The summed E-state index contributed by atoms with van der Waals surface area (Å²) in [5.74, 6) is 0.569. The first-order valence-electron chi connectivity index (χ1n) is 10.5. The number of hydrogen-bond donors (Lipinski definition) is 1. The first-order chi connectivity index (χ1) is 14.6. The van der Waals surface area contributed by atoms with Crippen molar-refractivity contribution in [2.24, 2.45) is 5.92 Å². The van der Waals surface area contributed by atoms with Crippen LogP contribution in [-0.2, 0) is 16.1 Å². The lowest BCUT2D eigenvalue weighted by Gasteiger charge is -2.36. The van der Waals surface area contributed by atoms with Crippen LogP contribution in [0.4, 0.5) is 5.69 Å². The molecule has 0 radical (unpaired) electrons. The maximum Gasteiger partial charge on any atom is 0.188 e. The van der Waals surface area contributed by atoms with Gasteiger partial charge in [0.25, 0.3) is 0 Å². The average molecular weight is 409 g/mol. The number of hydrogen-bond acceptors (Lipinski definition) is 6. The number of Topliss-reactive ketones (excluding diaryl/α,β-unsaturated/α-hetero) is 2. The Morgan fingerprint density at radius 3 is 2.57 bits per heavy atom. The van der Waals surface area contributed by atoms with E-state index in [1.54, 1.807) is 12.1 Å². The third-order valence-corrected chi connectivity index (χ3v) is 5.83. The highest BCUT2D eigenvalue weighted by Gasteiger charge is 2.32. The van der Waals surface area contributed by atoms with Crippen LogP contribution in [0, 0.1) is 5.92 Å². The van der Waals surface area contributed by atoms with Crippen molar-refractivity contribution in [1.29, 1.82) is 0 Å². The maximum absolute atomic E-state index is 13.0. The number of carbonyl (C=O) groups excluding carboxylic acids is 2. The average Bonchev–Trinajstić information content (AvgIpc) is 2.79. The number of aliphatic hydroxyl groups excluding tert-OH is 1. The van der Waals surface area contributed by atoms with Crippen LogP contribution in [0.2, 0.25) is 0 Å². The van der Waals surface area contributed by atoms with Gasteiger partial charge in [-0.05, 0) is 42.5 Å². The predicted molar refractivity (Wildman–Crippen MR) is 113 cm³/mol. The lowest BCUT2D eigenvalue weighted by atomic mass is 9.92. The van der Waals surface area contributed by atoms with Crippen LogP contribution in [0.5, 0.6) is 5.75 Å². The van der Waals surface area contributed by atoms with Crippen LogP contribution in [-0.4, -0.2) is 49.1 Å². The van der Waals surface area contributed by atoms with E-state index in [4.69, 9.17) is 9.47 Å². The Labute approximate surface area is 176 Å². The van der Waals surface area contributed by atoms with Crippen molar-refractivity contribution in [2.45, 2.75) is 31.9 Å². The molecule has 2 aromatic rings.